The van der Waals surface area contributed by atoms with Crippen molar-refractivity contribution in [3.8, 4) is 0 Å². The van der Waals surface area contributed by atoms with E-state index in [0.717, 1.165) is 5.56 Å². The van der Waals surface area contributed by atoms with Crippen molar-refractivity contribution in [1.29, 1.82) is 0 Å². The van der Waals surface area contributed by atoms with E-state index < -0.39 is 22.1 Å². The molecule has 6 nitrogen and oxygen atoms in total. The van der Waals surface area contributed by atoms with Crippen LogP contribution in [0.15, 0.2) is 30.3 Å². The van der Waals surface area contributed by atoms with E-state index in [4.69, 9.17) is 9.84 Å². The minimum absolute atomic E-state index is 0.122. The lowest BCUT2D eigenvalue weighted by atomic mass is 10.1. The third-order valence-electron chi connectivity index (χ3n) is 2.49. The summed E-state index contributed by atoms with van der Waals surface area (Å²) in [5, 5.41) is 8.46. The smallest absolute Gasteiger partial charge is 0.304 e. The summed E-state index contributed by atoms with van der Waals surface area (Å²) in [4.78, 5) is 10.3. The molecule has 0 saturated heterocycles. The number of rotatable bonds is 8. The Hall–Kier alpha value is -1.44. The van der Waals surface area contributed by atoms with Gasteiger partial charge in [-0.3, -0.25) is 4.79 Å². The molecule has 0 aromatic heterocycles. The molecule has 2 N–H and O–H groups in total. The second-order valence-electron chi connectivity index (χ2n) is 3.95. The molecule has 1 aromatic rings. The van der Waals surface area contributed by atoms with E-state index in [1.807, 2.05) is 6.07 Å². The number of methoxy groups -OCH3 is 1. The summed E-state index contributed by atoms with van der Waals surface area (Å²) in [7, 11) is -2.14. The van der Waals surface area contributed by atoms with Crippen LogP contribution in [0.1, 0.15) is 18.1 Å². The predicted octanol–water partition coefficient (Wildman–Crippen LogP) is 0.768. The van der Waals surface area contributed by atoms with Gasteiger partial charge in [-0.2, -0.15) is 0 Å². The summed E-state index contributed by atoms with van der Waals surface area (Å²) in [6.45, 7) is -0.122. The molecule has 0 radical (unpaired) electrons. The molecule has 0 saturated carbocycles. The van der Waals surface area contributed by atoms with Gasteiger partial charge in [0.05, 0.1) is 18.3 Å². The van der Waals surface area contributed by atoms with Gasteiger partial charge in [-0.25, -0.2) is 13.1 Å². The van der Waals surface area contributed by atoms with Gasteiger partial charge in [0, 0.05) is 13.7 Å². The van der Waals surface area contributed by atoms with Crippen LogP contribution < -0.4 is 4.72 Å². The summed E-state index contributed by atoms with van der Waals surface area (Å²) in [6, 6.07) is 8.98. The van der Waals surface area contributed by atoms with Crippen LogP contribution in [0.2, 0.25) is 0 Å². The number of ether oxygens (including phenoxy) is 1. The molecule has 0 spiro atoms. The number of aliphatic carboxylic acids is 1. The fourth-order valence-corrected chi connectivity index (χ4v) is 2.80. The van der Waals surface area contributed by atoms with Gasteiger partial charge in [0.2, 0.25) is 10.0 Å². The van der Waals surface area contributed by atoms with Gasteiger partial charge in [0.25, 0.3) is 0 Å². The van der Waals surface area contributed by atoms with E-state index in [9.17, 15) is 13.2 Å². The first-order valence-electron chi connectivity index (χ1n) is 5.71. The van der Waals surface area contributed by atoms with E-state index in [0.29, 0.717) is 0 Å². The monoisotopic (exact) mass is 287 g/mol. The third-order valence-corrected chi connectivity index (χ3v) is 3.87. The van der Waals surface area contributed by atoms with Crippen LogP contribution in [0.25, 0.3) is 0 Å². The molecule has 1 atom stereocenters. The number of hydrogen-bond acceptors (Lipinski definition) is 4. The molecule has 1 aromatic carbocycles. The van der Waals surface area contributed by atoms with Crippen molar-refractivity contribution in [2.75, 3.05) is 19.4 Å². The normalized spacial score (nSPS) is 13.1. The minimum atomic E-state index is -3.58. The zero-order valence-corrected chi connectivity index (χ0v) is 11.4. The minimum Gasteiger partial charge on any atom is -0.481 e. The van der Waals surface area contributed by atoms with Gasteiger partial charge >= 0.3 is 5.97 Å². The second kappa shape index (κ2) is 7.22. The number of sulfonamides is 1. The Morgan fingerprint density at radius 1 is 1.37 bits per heavy atom. The maximum Gasteiger partial charge on any atom is 0.304 e. The molecule has 0 aliphatic rings. The zero-order valence-electron chi connectivity index (χ0n) is 10.6. The van der Waals surface area contributed by atoms with Crippen molar-refractivity contribution in [3.05, 3.63) is 35.9 Å². The molecule has 0 aliphatic carbocycles. The molecule has 0 bridgehead atoms. The predicted molar refractivity (Wildman–Crippen MR) is 70.2 cm³/mol. The number of carboxylic acid groups (broad SMARTS) is 1. The Morgan fingerprint density at radius 2 is 2.00 bits per heavy atom. The SMILES string of the molecule is COC(CS(=O)(=O)NCCC(=O)O)c1ccccc1. The Balaban J connectivity index is 2.62. The number of benzene rings is 1. The van der Waals surface area contributed by atoms with Gasteiger partial charge in [0.15, 0.2) is 0 Å². The van der Waals surface area contributed by atoms with Crippen molar-refractivity contribution in [2.45, 2.75) is 12.5 Å². The zero-order chi connectivity index (χ0) is 14.3. The molecule has 1 unspecified atom stereocenters. The first-order valence-corrected chi connectivity index (χ1v) is 7.36. The first kappa shape index (κ1) is 15.6. The van der Waals surface area contributed by atoms with Crippen LogP contribution in [0.4, 0.5) is 0 Å². The van der Waals surface area contributed by atoms with Gasteiger partial charge in [-0.15, -0.1) is 0 Å². The van der Waals surface area contributed by atoms with E-state index in [2.05, 4.69) is 4.72 Å². The highest BCUT2D eigenvalue weighted by Crippen LogP contribution is 2.17. The highest BCUT2D eigenvalue weighted by atomic mass is 32.2. The van der Waals surface area contributed by atoms with Crippen LogP contribution in [-0.4, -0.2) is 38.9 Å². The van der Waals surface area contributed by atoms with Crippen molar-refractivity contribution in [2.24, 2.45) is 0 Å². The molecular weight excluding hydrogens is 270 g/mol. The van der Waals surface area contributed by atoms with Crippen LogP contribution in [0.5, 0.6) is 0 Å². The molecule has 0 fully saturated rings. The Morgan fingerprint density at radius 3 is 2.53 bits per heavy atom. The van der Waals surface area contributed by atoms with Crippen molar-refractivity contribution in [3.63, 3.8) is 0 Å². The number of nitrogens with one attached hydrogen (secondary N) is 1. The summed E-state index contributed by atoms with van der Waals surface area (Å²) in [5.74, 6) is -1.29. The van der Waals surface area contributed by atoms with E-state index in [1.165, 1.54) is 7.11 Å². The van der Waals surface area contributed by atoms with Gasteiger partial charge in [0.1, 0.15) is 0 Å². The fraction of sp³-hybridized carbons (Fsp3) is 0.417. The molecule has 19 heavy (non-hydrogen) atoms. The molecule has 7 heteroatoms. The average Bonchev–Trinajstić information content (AvgIpc) is 2.36. The number of carbonyl (C=O) groups is 1. The second-order valence-corrected chi connectivity index (χ2v) is 5.81. The van der Waals surface area contributed by atoms with Crippen molar-refractivity contribution < 1.29 is 23.1 Å². The average molecular weight is 287 g/mol. The largest absolute Gasteiger partial charge is 0.481 e. The lowest BCUT2D eigenvalue weighted by Crippen LogP contribution is -2.31. The van der Waals surface area contributed by atoms with Gasteiger partial charge in [-0.05, 0) is 5.56 Å². The standard InChI is InChI=1S/C12H17NO5S/c1-18-11(10-5-3-2-4-6-10)9-19(16,17)13-8-7-12(14)15/h2-6,11,13H,7-9H2,1H3,(H,14,15). The fourth-order valence-electron chi connectivity index (χ4n) is 1.54. The summed E-state index contributed by atoms with van der Waals surface area (Å²) in [6.07, 6.45) is -0.828. The maximum absolute atomic E-state index is 11.8. The summed E-state index contributed by atoms with van der Waals surface area (Å²) >= 11 is 0. The van der Waals surface area contributed by atoms with Crippen molar-refractivity contribution >= 4 is 16.0 Å². The molecular formula is C12H17NO5S. The molecule has 0 heterocycles. The highest BCUT2D eigenvalue weighted by Gasteiger charge is 2.20. The lowest BCUT2D eigenvalue weighted by Gasteiger charge is -2.16. The molecule has 106 valence electrons. The Bertz CT molecular complexity index is 500. The third kappa shape index (κ3) is 5.82. The van der Waals surface area contributed by atoms with Gasteiger partial charge in [-0.1, -0.05) is 30.3 Å². The molecule has 0 aliphatic heterocycles. The van der Waals surface area contributed by atoms with E-state index >= 15 is 0 Å². The van der Waals surface area contributed by atoms with Crippen LogP contribution in [0, 0.1) is 0 Å². The maximum atomic E-state index is 11.8. The van der Waals surface area contributed by atoms with Crippen LogP contribution in [-0.2, 0) is 19.6 Å². The molecule has 0 amide bonds. The number of hydrogen-bond donors (Lipinski definition) is 2. The Labute approximate surface area is 112 Å². The molecule has 1 rings (SSSR count). The van der Waals surface area contributed by atoms with Crippen molar-refractivity contribution in [1.82, 2.24) is 4.72 Å². The van der Waals surface area contributed by atoms with Crippen LogP contribution >= 0.6 is 0 Å². The number of carboxylic acids is 1. The quantitative estimate of drug-likeness (QED) is 0.736. The first-order chi connectivity index (χ1) is 8.94. The topological polar surface area (TPSA) is 92.7 Å². The van der Waals surface area contributed by atoms with E-state index in [1.54, 1.807) is 24.3 Å². The Kier molecular flexibility index (Phi) is 5.94. The summed E-state index contributed by atoms with van der Waals surface area (Å²) in [5.41, 5.74) is 0.758. The lowest BCUT2D eigenvalue weighted by molar-refractivity contribution is -0.136. The van der Waals surface area contributed by atoms with Crippen LogP contribution in [0.3, 0.4) is 0 Å². The summed E-state index contributed by atoms with van der Waals surface area (Å²) < 4.78 is 30.9. The van der Waals surface area contributed by atoms with E-state index in [-0.39, 0.29) is 18.7 Å². The van der Waals surface area contributed by atoms with Gasteiger partial charge < -0.3 is 9.84 Å². The highest BCUT2D eigenvalue weighted by molar-refractivity contribution is 7.89.